The molecule has 31 heavy (non-hydrogen) atoms. The number of aromatic nitrogens is 2. The highest BCUT2D eigenvalue weighted by Crippen LogP contribution is 2.23. The molecule has 0 unspecified atom stereocenters. The van der Waals surface area contributed by atoms with Gasteiger partial charge in [-0.15, -0.1) is 0 Å². The van der Waals surface area contributed by atoms with Crippen LogP contribution in [0.3, 0.4) is 0 Å². The van der Waals surface area contributed by atoms with Gasteiger partial charge < -0.3 is 9.80 Å². The highest BCUT2D eigenvalue weighted by molar-refractivity contribution is 5.94. The number of amides is 2. The van der Waals surface area contributed by atoms with Crippen molar-refractivity contribution in [1.29, 1.82) is 0 Å². The smallest absolute Gasteiger partial charge is 0.312 e. The molecule has 1 fully saturated rings. The lowest BCUT2D eigenvalue weighted by atomic mass is 10.0. The van der Waals surface area contributed by atoms with Gasteiger partial charge in [0.1, 0.15) is 17.9 Å². The summed E-state index contributed by atoms with van der Waals surface area (Å²) in [6.07, 6.45) is 2.23. The average molecular weight is 428 g/mol. The van der Waals surface area contributed by atoms with E-state index in [1.165, 1.54) is 4.68 Å². The number of nitrogens with zero attached hydrogens (tertiary/aromatic N) is 5. The lowest BCUT2D eigenvalue weighted by molar-refractivity contribution is -0.386. The Balaban J connectivity index is 1.66. The summed E-state index contributed by atoms with van der Waals surface area (Å²) in [5.74, 6) is -0.0856. The van der Waals surface area contributed by atoms with Gasteiger partial charge in [0.2, 0.25) is 5.91 Å². The van der Waals surface area contributed by atoms with Crippen LogP contribution in [0.2, 0.25) is 0 Å². The van der Waals surface area contributed by atoms with Crippen molar-refractivity contribution in [3.63, 3.8) is 0 Å². The summed E-state index contributed by atoms with van der Waals surface area (Å²) < 4.78 is 1.42. The number of hydrogen-bond donors (Lipinski definition) is 0. The van der Waals surface area contributed by atoms with E-state index < -0.39 is 4.92 Å². The summed E-state index contributed by atoms with van der Waals surface area (Å²) in [6.45, 7) is 6.98. The molecular formula is C22H29N5O4. The zero-order chi connectivity index (χ0) is 22.5. The maximum atomic E-state index is 13.1. The second-order valence-electron chi connectivity index (χ2n) is 7.91. The summed E-state index contributed by atoms with van der Waals surface area (Å²) in [4.78, 5) is 40.3. The molecule has 0 aliphatic carbocycles. The molecule has 9 nitrogen and oxygen atoms in total. The Morgan fingerprint density at radius 1 is 1.19 bits per heavy atom. The Labute approximate surface area is 181 Å². The van der Waals surface area contributed by atoms with Crippen LogP contribution in [0.1, 0.15) is 47.9 Å². The number of piperidine rings is 1. The van der Waals surface area contributed by atoms with Gasteiger partial charge in [-0.1, -0.05) is 25.1 Å². The van der Waals surface area contributed by atoms with Crippen LogP contribution in [0, 0.1) is 24.0 Å². The van der Waals surface area contributed by atoms with Gasteiger partial charge in [0.05, 0.1) is 4.92 Å². The molecule has 2 heterocycles. The van der Waals surface area contributed by atoms with Crippen molar-refractivity contribution in [2.45, 2.75) is 52.6 Å². The minimum absolute atomic E-state index is 0.0161. The van der Waals surface area contributed by atoms with E-state index in [1.54, 1.807) is 13.8 Å². The molecule has 166 valence electrons. The first-order chi connectivity index (χ1) is 14.8. The van der Waals surface area contributed by atoms with Crippen molar-refractivity contribution in [3.05, 3.63) is 57.4 Å². The van der Waals surface area contributed by atoms with Gasteiger partial charge in [-0.3, -0.25) is 24.4 Å². The predicted octanol–water partition coefficient (Wildman–Crippen LogP) is 2.95. The molecule has 1 aromatic carbocycles. The van der Waals surface area contributed by atoms with Gasteiger partial charge in [0, 0.05) is 31.2 Å². The van der Waals surface area contributed by atoms with E-state index in [0.29, 0.717) is 49.4 Å². The minimum atomic E-state index is -0.456. The van der Waals surface area contributed by atoms with Crippen LogP contribution in [0.25, 0.3) is 0 Å². The van der Waals surface area contributed by atoms with Crippen LogP contribution < -0.4 is 0 Å². The maximum absolute atomic E-state index is 13.1. The van der Waals surface area contributed by atoms with Crippen LogP contribution >= 0.6 is 0 Å². The number of hydrogen-bond acceptors (Lipinski definition) is 5. The zero-order valence-corrected chi connectivity index (χ0v) is 18.3. The van der Waals surface area contributed by atoms with E-state index in [4.69, 9.17) is 0 Å². The van der Waals surface area contributed by atoms with E-state index in [9.17, 15) is 19.7 Å². The van der Waals surface area contributed by atoms with E-state index in [2.05, 4.69) is 5.10 Å². The molecule has 2 amide bonds. The highest BCUT2D eigenvalue weighted by atomic mass is 16.6. The molecule has 2 aromatic rings. The third-order valence-electron chi connectivity index (χ3n) is 5.81. The predicted molar refractivity (Wildman–Crippen MR) is 116 cm³/mol. The molecule has 1 aliphatic heterocycles. The minimum Gasteiger partial charge on any atom is -0.338 e. The summed E-state index contributed by atoms with van der Waals surface area (Å²) in [5, 5.41) is 15.4. The fourth-order valence-electron chi connectivity index (χ4n) is 4.22. The summed E-state index contributed by atoms with van der Waals surface area (Å²) in [7, 11) is 0. The number of carbonyl (C=O) groups is 2. The van der Waals surface area contributed by atoms with Crippen molar-refractivity contribution in [3.8, 4) is 0 Å². The Morgan fingerprint density at radius 2 is 1.84 bits per heavy atom. The van der Waals surface area contributed by atoms with Gasteiger partial charge >= 0.3 is 5.69 Å². The average Bonchev–Trinajstić information content (AvgIpc) is 3.05. The van der Waals surface area contributed by atoms with E-state index in [0.717, 1.165) is 6.42 Å². The van der Waals surface area contributed by atoms with Crippen LogP contribution in [0.4, 0.5) is 5.69 Å². The van der Waals surface area contributed by atoms with Crippen LogP contribution in [0.15, 0.2) is 30.3 Å². The highest BCUT2D eigenvalue weighted by Gasteiger charge is 2.31. The van der Waals surface area contributed by atoms with Crippen molar-refractivity contribution < 1.29 is 14.5 Å². The zero-order valence-electron chi connectivity index (χ0n) is 18.3. The lowest BCUT2D eigenvalue weighted by Gasteiger charge is -2.38. The maximum Gasteiger partial charge on any atom is 0.312 e. The Kier molecular flexibility index (Phi) is 7.04. The largest absolute Gasteiger partial charge is 0.338 e. The molecule has 0 bridgehead atoms. The van der Waals surface area contributed by atoms with Crippen LogP contribution in [0.5, 0.6) is 0 Å². The monoisotopic (exact) mass is 427 g/mol. The van der Waals surface area contributed by atoms with Gasteiger partial charge in [0.25, 0.3) is 5.91 Å². The first-order valence-electron chi connectivity index (χ1n) is 10.7. The Morgan fingerprint density at radius 3 is 2.39 bits per heavy atom. The van der Waals surface area contributed by atoms with Gasteiger partial charge in [-0.05, 0) is 45.2 Å². The molecular weight excluding hydrogens is 398 g/mol. The third-order valence-corrected chi connectivity index (χ3v) is 5.81. The normalized spacial score (nSPS) is 14.5. The number of aryl methyl sites for hydroxylation is 1. The number of likely N-dealkylation sites (tertiary alicyclic amines) is 1. The van der Waals surface area contributed by atoms with Crippen molar-refractivity contribution in [1.82, 2.24) is 19.6 Å². The summed E-state index contributed by atoms with van der Waals surface area (Å²) in [6, 6.07) is 9.26. The van der Waals surface area contributed by atoms with Gasteiger partial charge in [-0.2, -0.15) is 5.10 Å². The topological polar surface area (TPSA) is 102 Å². The molecule has 3 rings (SSSR count). The molecule has 0 atom stereocenters. The fourth-order valence-corrected chi connectivity index (χ4v) is 4.22. The van der Waals surface area contributed by atoms with Crippen molar-refractivity contribution in [2.75, 3.05) is 19.6 Å². The van der Waals surface area contributed by atoms with Crippen LogP contribution in [-0.4, -0.2) is 62.0 Å². The quantitative estimate of drug-likeness (QED) is 0.499. The number of rotatable bonds is 7. The molecule has 0 spiro atoms. The fraction of sp³-hybridized carbons (Fsp3) is 0.500. The van der Waals surface area contributed by atoms with E-state index >= 15 is 0 Å². The molecule has 0 saturated carbocycles. The SMILES string of the molecule is CCCN(C(=O)Cn1nc(C)c([N+](=O)[O-])c1C)C1CCN(C(=O)c2ccccc2)CC1. The van der Waals surface area contributed by atoms with Crippen molar-refractivity contribution in [2.24, 2.45) is 0 Å². The van der Waals surface area contributed by atoms with E-state index in [-0.39, 0.29) is 30.1 Å². The Bertz CT molecular complexity index is 948. The molecule has 0 radical (unpaired) electrons. The molecule has 1 aromatic heterocycles. The van der Waals surface area contributed by atoms with Crippen LogP contribution in [-0.2, 0) is 11.3 Å². The number of carbonyl (C=O) groups excluding carboxylic acids is 2. The standard InChI is InChI=1S/C22H29N5O4/c1-4-12-25(20(28)15-26-17(3)21(27(30)31)16(2)23-26)19-10-13-24(14-11-19)22(29)18-8-6-5-7-9-18/h5-9,19H,4,10-15H2,1-3H3. The second-order valence-corrected chi connectivity index (χ2v) is 7.91. The van der Waals surface area contributed by atoms with Gasteiger partial charge in [0.15, 0.2) is 0 Å². The first kappa shape index (κ1) is 22.5. The molecule has 9 heteroatoms. The van der Waals surface area contributed by atoms with Gasteiger partial charge in [-0.25, -0.2) is 0 Å². The number of benzene rings is 1. The first-order valence-corrected chi connectivity index (χ1v) is 10.7. The molecule has 1 saturated heterocycles. The van der Waals surface area contributed by atoms with Crippen molar-refractivity contribution >= 4 is 17.5 Å². The third kappa shape index (κ3) is 4.92. The summed E-state index contributed by atoms with van der Waals surface area (Å²) >= 11 is 0. The number of nitro groups is 1. The second kappa shape index (κ2) is 9.72. The summed E-state index contributed by atoms with van der Waals surface area (Å²) in [5.41, 5.74) is 1.33. The molecule has 1 aliphatic rings. The Hall–Kier alpha value is -3.23. The lowest BCUT2D eigenvalue weighted by Crippen LogP contribution is -2.49. The van der Waals surface area contributed by atoms with E-state index in [1.807, 2.05) is 47.1 Å². The molecule has 0 N–H and O–H groups in total.